The molecule has 1 N–H and O–H groups in total. The second-order valence-electron chi connectivity index (χ2n) is 8.36. The number of amides is 1. The molecule has 2 aromatic carbocycles. The number of aromatic nitrogens is 1. The molecule has 0 bridgehead atoms. The molecule has 1 saturated carbocycles. The monoisotopic (exact) mass is 385 g/mol. The highest BCUT2D eigenvalue weighted by atomic mass is 16.2. The van der Waals surface area contributed by atoms with Gasteiger partial charge in [0.1, 0.15) is 0 Å². The van der Waals surface area contributed by atoms with Crippen molar-refractivity contribution in [3.8, 4) is 11.3 Å². The summed E-state index contributed by atoms with van der Waals surface area (Å²) in [7, 11) is 0. The largest absolute Gasteiger partial charge is 0.339 e. The average molecular weight is 386 g/mol. The summed E-state index contributed by atoms with van der Waals surface area (Å²) in [5.41, 5.74) is 3.53. The van der Waals surface area contributed by atoms with Crippen LogP contribution in [0.4, 0.5) is 0 Å². The zero-order chi connectivity index (χ0) is 19.6. The van der Waals surface area contributed by atoms with Crippen molar-refractivity contribution in [2.45, 2.75) is 31.7 Å². The second-order valence-corrected chi connectivity index (χ2v) is 8.36. The second kappa shape index (κ2) is 7.96. The van der Waals surface area contributed by atoms with Crippen LogP contribution in [0.5, 0.6) is 0 Å². The van der Waals surface area contributed by atoms with E-state index in [2.05, 4.69) is 5.32 Å². The number of fused-ring (bicyclic) bond motifs is 1. The zero-order valence-corrected chi connectivity index (χ0v) is 16.7. The number of carbonyl (C=O) groups is 1. The summed E-state index contributed by atoms with van der Waals surface area (Å²) in [4.78, 5) is 20.3. The number of nitrogens with zero attached hydrogens (tertiary/aromatic N) is 2. The highest BCUT2D eigenvalue weighted by molar-refractivity contribution is 6.07. The quantitative estimate of drug-likeness (QED) is 0.703. The van der Waals surface area contributed by atoms with Gasteiger partial charge in [0, 0.05) is 30.1 Å². The van der Waals surface area contributed by atoms with Gasteiger partial charge in [0.05, 0.1) is 16.8 Å². The van der Waals surface area contributed by atoms with Gasteiger partial charge < -0.3 is 10.2 Å². The van der Waals surface area contributed by atoms with E-state index in [0.29, 0.717) is 6.04 Å². The van der Waals surface area contributed by atoms with Crippen LogP contribution in [0.2, 0.25) is 0 Å². The molecule has 29 heavy (non-hydrogen) atoms. The predicted octanol–water partition coefficient (Wildman–Crippen LogP) is 4.51. The van der Waals surface area contributed by atoms with Crippen molar-refractivity contribution in [3.05, 3.63) is 66.2 Å². The molecule has 0 atom stereocenters. The Kier molecular flexibility index (Phi) is 5.03. The standard InChI is InChI=1S/C25H27N3O/c29-25(28-14-12-20(13-15-28)26-17-18-10-11-18)22-16-24(19-6-2-1-3-7-19)27-23-9-5-4-8-21(22)23/h1-9,16,18,20,26H,10-15,17H2. The van der Waals surface area contributed by atoms with Gasteiger partial charge in [0.2, 0.25) is 0 Å². The fraction of sp³-hybridized carbons (Fsp3) is 0.360. The fourth-order valence-corrected chi connectivity index (χ4v) is 4.22. The maximum Gasteiger partial charge on any atom is 0.254 e. The third-order valence-corrected chi connectivity index (χ3v) is 6.19. The number of pyridine rings is 1. The van der Waals surface area contributed by atoms with Crippen molar-refractivity contribution in [2.24, 2.45) is 5.92 Å². The number of rotatable bonds is 5. The van der Waals surface area contributed by atoms with Crippen molar-refractivity contribution in [1.29, 1.82) is 0 Å². The van der Waals surface area contributed by atoms with Gasteiger partial charge in [-0.05, 0) is 50.3 Å². The van der Waals surface area contributed by atoms with E-state index in [1.54, 1.807) is 0 Å². The molecule has 0 unspecified atom stereocenters. The van der Waals surface area contributed by atoms with Crippen LogP contribution < -0.4 is 5.32 Å². The van der Waals surface area contributed by atoms with E-state index in [0.717, 1.165) is 66.1 Å². The number of likely N-dealkylation sites (tertiary alicyclic amines) is 1. The van der Waals surface area contributed by atoms with Gasteiger partial charge in [-0.15, -0.1) is 0 Å². The minimum Gasteiger partial charge on any atom is -0.339 e. The first-order valence-electron chi connectivity index (χ1n) is 10.8. The lowest BCUT2D eigenvalue weighted by Crippen LogP contribution is -2.45. The lowest BCUT2D eigenvalue weighted by molar-refractivity contribution is 0.0707. The van der Waals surface area contributed by atoms with Crippen LogP contribution in [-0.4, -0.2) is 41.5 Å². The summed E-state index contributed by atoms with van der Waals surface area (Å²) >= 11 is 0. The van der Waals surface area contributed by atoms with Crippen LogP contribution in [0.1, 0.15) is 36.0 Å². The van der Waals surface area contributed by atoms with E-state index in [1.807, 2.05) is 65.6 Å². The molecule has 4 heteroatoms. The third-order valence-electron chi connectivity index (χ3n) is 6.19. The third kappa shape index (κ3) is 4.03. The SMILES string of the molecule is O=C(c1cc(-c2ccccc2)nc2ccccc12)N1CCC(NCC2CC2)CC1. The first kappa shape index (κ1) is 18.3. The molecule has 2 heterocycles. The zero-order valence-electron chi connectivity index (χ0n) is 16.7. The van der Waals surface area contributed by atoms with Crippen LogP contribution in [0, 0.1) is 5.92 Å². The summed E-state index contributed by atoms with van der Waals surface area (Å²) in [6, 6.07) is 20.6. The molecular formula is C25H27N3O. The number of carbonyl (C=O) groups excluding carboxylic acids is 1. The van der Waals surface area contributed by atoms with Crippen molar-refractivity contribution < 1.29 is 4.79 Å². The summed E-state index contributed by atoms with van der Waals surface area (Å²) in [6.07, 6.45) is 4.83. The van der Waals surface area contributed by atoms with E-state index in [1.165, 1.54) is 12.8 Å². The molecule has 0 radical (unpaired) electrons. The van der Waals surface area contributed by atoms with Crippen molar-refractivity contribution in [1.82, 2.24) is 15.2 Å². The van der Waals surface area contributed by atoms with E-state index >= 15 is 0 Å². The van der Waals surface area contributed by atoms with Gasteiger partial charge in [-0.1, -0.05) is 48.5 Å². The van der Waals surface area contributed by atoms with E-state index in [4.69, 9.17) is 4.98 Å². The van der Waals surface area contributed by atoms with E-state index < -0.39 is 0 Å². The minimum absolute atomic E-state index is 0.126. The molecule has 0 spiro atoms. The van der Waals surface area contributed by atoms with Gasteiger partial charge in [-0.3, -0.25) is 4.79 Å². The molecule has 1 aromatic heterocycles. The van der Waals surface area contributed by atoms with Crippen LogP contribution >= 0.6 is 0 Å². The Balaban J connectivity index is 1.39. The maximum atomic E-state index is 13.5. The van der Waals surface area contributed by atoms with Gasteiger partial charge in [0.25, 0.3) is 5.91 Å². The smallest absolute Gasteiger partial charge is 0.254 e. The summed E-state index contributed by atoms with van der Waals surface area (Å²) < 4.78 is 0. The van der Waals surface area contributed by atoms with Gasteiger partial charge in [-0.25, -0.2) is 4.98 Å². The maximum absolute atomic E-state index is 13.5. The molecule has 4 nitrogen and oxygen atoms in total. The Labute approximate surface area is 171 Å². The molecule has 5 rings (SSSR count). The van der Waals surface area contributed by atoms with Crippen molar-refractivity contribution in [2.75, 3.05) is 19.6 Å². The van der Waals surface area contributed by atoms with Gasteiger partial charge in [0.15, 0.2) is 0 Å². The lowest BCUT2D eigenvalue weighted by atomic mass is 10.0. The van der Waals surface area contributed by atoms with Crippen molar-refractivity contribution in [3.63, 3.8) is 0 Å². The molecule has 3 aromatic rings. The molecule has 1 saturated heterocycles. The summed E-state index contributed by atoms with van der Waals surface area (Å²) in [6.45, 7) is 2.78. The Bertz CT molecular complexity index is 1010. The molecular weight excluding hydrogens is 358 g/mol. The Morgan fingerprint density at radius 1 is 0.966 bits per heavy atom. The number of nitrogens with one attached hydrogen (secondary N) is 1. The number of benzene rings is 2. The van der Waals surface area contributed by atoms with Crippen LogP contribution in [0.15, 0.2) is 60.7 Å². The molecule has 1 amide bonds. The minimum atomic E-state index is 0.126. The molecule has 2 fully saturated rings. The van der Waals surface area contributed by atoms with Crippen LogP contribution in [0.3, 0.4) is 0 Å². The average Bonchev–Trinajstić information content (AvgIpc) is 3.62. The predicted molar refractivity (Wildman–Crippen MR) is 117 cm³/mol. The lowest BCUT2D eigenvalue weighted by Gasteiger charge is -2.33. The first-order chi connectivity index (χ1) is 14.3. The topological polar surface area (TPSA) is 45.2 Å². The highest BCUT2D eigenvalue weighted by Crippen LogP contribution is 2.29. The number of para-hydroxylation sites is 1. The van der Waals surface area contributed by atoms with Gasteiger partial charge in [-0.2, -0.15) is 0 Å². The number of piperidine rings is 1. The number of hydrogen-bond acceptors (Lipinski definition) is 3. The highest BCUT2D eigenvalue weighted by Gasteiger charge is 2.27. The molecule has 148 valence electrons. The molecule has 2 aliphatic rings. The van der Waals surface area contributed by atoms with E-state index in [-0.39, 0.29) is 5.91 Å². The molecule has 1 aliphatic carbocycles. The Morgan fingerprint density at radius 3 is 2.45 bits per heavy atom. The normalized spacial score (nSPS) is 17.6. The summed E-state index contributed by atoms with van der Waals surface area (Å²) in [5.74, 6) is 1.02. The van der Waals surface area contributed by atoms with Crippen LogP contribution in [-0.2, 0) is 0 Å². The number of hydrogen-bond donors (Lipinski definition) is 1. The molecule has 1 aliphatic heterocycles. The van der Waals surface area contributed by atoms with E-state index in [9.17, 15) is 4.79 Å². The Morgan fingerprint density at radius 2 is 1.69 bits per heavy atom. The first-order valence-corrected chi connectivity index (χ1v) is 10.8. The van der Waals surface area contributed by atoms with Gasteiger partial charge >= 0.3 is 0 Å². The van der Waals surface area contributed by atoms with Crippen LogP contribution in [0.25, 0.3) is 22.2 Å². The summed E-state index contributed by atoms with van der Waals surface area (Å²) in [5, 5.41) is 4.63. The van der Waals surface area contributed by atoms with Crippen molar-refractivity contribution >= 4 is 16.8 Å². The Hall–Kier alpha value is -2.72. The fourth-order valence-electron chi connectivity index (χ4n) is 4.22.